The zero-order valence-corrected chi connectivity index (χ0v) is 13.2. The monoisotopic (exact) mass is 325 g/mol. The fourth-order valence-electron chi connectivity index (χ4n) is 3.11. The Hall–Kier alpha value is -2.28. The quantitative estimate of drug-likeness (QED) is 0.751. The Balaban J connectivity index is 1.39. The minimum atomic E-state index is -0.836. The topological polar surface area (TPSA) is 69.4 Å². The highest BCUT2D eigenvalue weighted by molar-refractivity contribution is 5.74. The van der Waals surface area contributed by atoms with Gasteiger partial charge >= 0.3 is 0 Å². The van der Waals surface area contributed by atoms with Gasteiger partial charge in [0.2, 0.25) is 0 Å². The largest absolute Gasteiger partial charge is 0.391 e. The van der Waals surface area contributed by atoms with Gasteiger partial charge in [0.05, 0.1) is 31.4 Å². The number of aliphatic hydroxyl groups is 1. The number of hydrogen-bond donors (Lipinski definition) is 1. The molecular formula is C18H19N3O3. The van der Waals surface area contributed by atoms with Crippen LogP contribution >= 0.6 is 0 Å². The molecule has 24 heavy (non-hydrogen) atoms. The number of aromatic nitrogens is 3. The van der Waals surface area contributed by atoms with E-state index in [1.54, 1.807) is 4.68 Å². The van der Waals surface area contributed by atoms with Gasteiger partial charge in [-0.2, -0.15) is 0 Å². The molecule has 1 fully saturated rings. The third-order valence-electron chi connectivity index (χ3n) is 4.33. The summed E-state index contributed by atoms with van der Waals surface area (Å²) >= 11 is 0. The number of hydrogen-bond acceptors (Lipinski definition) is 5. The van der Waals surface area contributed by atoms with Crippen molar-refractivity contribution in [3.63, 3.8) is 0 Å². The van der Waals surface area contributed by atoms with E-state index in [2.05, 4.69) is 10.3 Å². The van der Waals surface area contributed by atoms with E-state index in [0.29, 0.717) is 19.6 Å². The summed E-state index contributed by atoms with van der Waals surface area (Å²) < 4.78 is 13.3. The molecule has 0 saturated carbocycles. The average molecular weight is 325 g/mol. The molecule has 2 aromatic carbocycles. The summed E-state index contributed by atoms with van der Waals surface area (Å²) in [5.41, 5.74) is 1.94. The van der Waals surface area contributed by atoms with Crippen LogP contribution in [0, 0.1) is 0 Å². The lowest BCUT2D eigenvalue weighted by Gasteiger charge is -2.46. The molecule has 6 heteroatoms. The average Bonchev–Trinajstić information content (AvgIpc) is 3.02. The molecular weight excluding hydrogens is 306 g/mol. The van der Waals surface area contributed by atoms with E-state index in [0.717, 1.165) is 16.6 Å². The van der Waals surface area contributed by atoms with Crippen LogP contribution in [0.2, 0.25) is 0 Å². The van der Waals surface area contributed by atoms with Crippen molar-refractivity contribution in [1.29, 1.82) is 0 Å². The maximum Gasteiger partial charge on any atom is 0.189 e. The van der Waals surface area contributed by atoms with Crippen LogP contribution in [0.15, 0.2) is 54.6 Å². The van der Waals surface area contributed by atoms with E-state index in [4.69, 9.17) is 9.47 Å². The maximum absolute atomic E-state index is 9.83. The lowest BCUT2D eigenvalue weighted by Crippen LogP contribution is -2.56. The van der Waals surface area contributed by atoms with Gasteiger partial charge in [-0.25, -0.2) is 4.68 Å². The standard InChI is InChI=1S/C18H19N3O3/c22-13-18(21-17-9-5-4-8-16(17)19-20-21)10-15(24-18)12-23-11-14-6-2-1-3-7-14/h1-9,15,22H,10-13H2/t15-,18+/m0/s1. The highest BCUT2D eigenvalue weighted by atomic mass is 16.6. The molecule has 3 aromatic rings. The van der Waals surface area contributed by atoms with Gasteiger partial charge in [0, 0.05) is 6.42 Å². The Morgan fingerprint density at radius 2 is 1.92 bits per heavy atom. The van der Waals surface area contributed by atoms with Crippen molar-refractivity contribution in [1.82, 2.24) is 15.0 Å². The van der Waals surface area contributed by atoms with Crippen LogP contribution in [0.25, 0.3) is 11.0 Å². The lowest BCUT2D eigenvalue weighted by atomic mass is 9.98. The van der Waals surface area contributed by atoms with Crippen molar-refractivity contribution < 1.29 is 14.6 Å². The highest BCUT2D eigenvalue weighted by Gasteiger charge is 2.48. The second kappa shape index (κ2) is 6.32. The smallest absolute Gasteiger partial charge is 0.189 e. The van der Waals surface area contributed by atoms with Crippen molar-refractivity contribution >= 4 is 11.0 Å². The lowest BCUT2D eigenvalue weighted by molar-refractivity contribution is -0.287. The van der Waals surface area contributed by atoms with E-state index in [9.17, 15) is 5.11 Å². The molecule has 0 amide bonds. The number of benzene rings is 2. The molecule has 1 aliphatic rings. The van der Waals surface area contributed by atoms with Crippen LogP contribution in [0.1, 0.15) is 12.0 Å². The second-order valence-corrected chi connectivity index (χ2v) is 6.04. The van der Waals surface area contributed by atoms with Crippen molar-refractivity contribution in [3.8, 4) is 0 Å². The van der Waals surface area contributed by atoms with Crippen LogP contribution in [-0.4, -0.2) is 39.4 Å². The van der Waals surface area contributed by atoms with Gasteiger partial charge in [-0.05, 0) is 17.7 Å². The summed E-state index contributed by atoms with van der Waals surface area (Å²) in [6, 6.07) is 17.7. The summed E-state index contributed by atoms with van der Waals surface area (Å²) in [4.78, 5) is 0. The summed E-state index contributed by atoms with van der Waals surface area (Å²) in [6.07, 6.45) is 0.592. The summed E-state index contributed by atoms with van der Waals surface area (Å²) in [5.74, 6) is 0. The number of para-hydroxylation sites is 1. The summed E-state index contributed by atoms with van der Waals surface area (Å²) in [6.45, 7) is 0.901. The summed E-state index contributed by atoms with van der Waals surface area (Å²) in [7, 11) is 0. The van der Waals surface area contributed by atoms with Gasteiger partial charge in [-0.3, -0.25) is 0 Å². The molecule has 0 unspecified atom stereocenters. The minimum Gasteiger partial charge on any atom is -0.391 e. The fourth-order valence-corrected chi connectivity index (χ4v) is 3.11. The Bertz CT molecular complexity index is 813. The Morgan fingerprint density at radius 3 is 2.71 bits per heavy atom. The molecule has 2 atom stereocenters. The molecule has 1 aromatic heterocycles. The maximum atomic E-state index is 9.83. The minimum absolute atomic E-state index is 0.0520. The zero-order valence-electron chi connectivity index (χ0n) is 13.2. The first-order chi connectivity index (χ1) is 11.8. The first-order valence-electron chi connectivity index (χ1n) is 8.02. The van der Waals surface area contributed by atoms with Gasteiger partial charge in [0.1, 0.15) is 5.52 Å². The van der Waals surface area contributed by atoms with E-state index in [-0.39, 0.29) is 12.7 Å². The molecule has 124 valence electrons. The molecule has 0 bridgehead atoms. The SMILES string of the molecule is OC[C@@]1(n2nnc3ccccc32)C[C@@H](COCc2ccccc2)O1. The van der Waals surface area contributed by atoms with E-state index in [1.807, 2.05) is 54.6 Å². The van der Waals surface area contributed by atoms with Crippen molar-refractivity contribution in [2.24, 2.45) is 0 Å². The Morgan fingerprint density at radius 1 is 1.17 bits per heavy atom. The van der Waals surface area contributed by atoms with Crippen LogP contribution < -0.4 is 0 Å². The Labute approximate surface area is 139 Å². The number of rotatable bonds is 6. The molecule has 1 saturated heterocycles. The molecule has 4 rings (SSSR count). The highest BCUT2D eigenvalue weighted by Crippen LogP contribution is 2.38. The first-order valence-corrected chi connectivity index (χ1v) is 8.02. The predicted octanol–water partition coefficient (Wildman–Crippen LogP) is 2.08. The second-order valence-electron chi connectivity index (χ2n) is 6.04. The molecule has 1 aliphatic heterocycles. The van der Waals surface area contributed by atoms with E-state index >= 15 is 0 Å². The third kappa shape index (κ3) is 2.69. The van der Waals surface area contributed by atoms with E-state index in [1.165, 1.54) is 0 Å². The van der Waals surface area contributed by atoms with E-state index < -0.39 is 5.72 Å². The molecule has 0 radical (unpaired) electrons. The van der Waals surface area contributed by atoms with Crippen molar-refractivity contribution in [2.75, 3.05) is 13.2 Å². The molecule has 6 nitrogen and oxygen atoms in total. The predicted molar refractivity (Wildman–Crippen MR) is 88.2 cm³/mol. The fraction of sp³-hybridized carbons (Fsp3) is 0.333. The van der Waals surface area contributed by atoms with Gasteiger partial charge < -0.3 is 14.6 Å². The van der Waals surface area contributed by atoms with Crippen LogP contribution in [0.3, 0.4) is 0 Å². The first kappa shape index (κ1) is 15.3. The number of ether oxygens (including phenoxy) is 2. The molecule has 1 N–H and O–H groups in total. The molecule has 0 spiro atoms. The van der Waals surface area contributed by atoms with Crippen LogP contribution in [-0.2, 0) is 21.8 Å². The third-order valence-corrected chi connectivity index (χ3v) is 4.33. The van der Waals surface area contributed by atoms with Crippen molar-refractivity contribution in [3.05, 3.63) is 60.2 Å². The van der Waals surface area contributed by atoms with Gasteiger partial charge in [0.15, 0.2) is 5.72 Å². The van der Waals surface area contributed by atoms with Crippen molar-refractivity contribution in [2.45, 2.75) is 24.9 Å². The molecule has 2 heterocycles. The number of aliphatic hydroxyl groups excluding tert-OH is 1. The van der Waals surface area contributed by atoms with Crippen LogP contribution in [0.5, 0.6) is 0 Å². The van der Waals surface area contributed by atoms with Crippen LogP contribution in [0.4, 0.5) is 0 Å². The molecule has 0 aliphatic carbocycles. The Kier molecular flexibility index (Phi) is 4.02. The van der Waals surface area contributed by atoms with Gasteiger partial charge in [0.25, 0.3) is 0 Å². The number of fused-ring (bicyclic) bond motifs is 1. The zero-order chi connectivity index (χ0) is 16.4. The summed E-state index contributed by atoms with van der Waals surface area (Å²) in [5, 5.41) is 18.1. The number of nitrogens with zero attached hydrogens (tertiary/aromatic N) is 3. The van der Waals surface area contributed by atoms with Gasteiger partial charge in [-0.1, -0.05) is 47.7 Å². The van der Waals surface area contributed by atoms with Gasteiger partial charge in [-0.15, -0.1) is 5.10 Å². The normalized spacial score (nSPS) is 23.3.